The number of aromatic amines is 1. The Morgan fingerprint density at radius 1 is 1.16 bits per heavy atom. The number of rotatable bonds is 7. The standard InChI is InChI=1S/C20H24N4O/c1-14(20(25)24-19-9-5-3-7-17(19)21)12-22-11-10-15-13-23-18-8-4-2-6-16(15)18/h2-9,13-14,22-23H,10-12,21H2,1H3,(H,24,25). The minimum Gasteiger partial charge on any atom is -0.397 e. The molecular formula is C20H24N4O. The maximum Gasteiger partial charge on any atom is 0.228 e. The molecule has 1 unspecified atom stereocenters. The zero-order chi connectivity index (χ0) is 17.6. The van der Waals surface area contributed by atoms with E-state index in [1.54, 1.807) is 6.07 Å². The summed E-state index contributed by atoms with van der Waals surface area (Å²) >= 11 is 0. The summed E-state index contributed by atoms with van der Waals surface area (Å²) in [5.41, 5.74) is 9.55. The summed E-state index contributed by atoms with van der Waals surface area (Å²) in [5.74, 6) is -0.167. The number of carbonyl (C=O) groups excluding carboxylic acids is 1. The van der Waals surface area contributed by atoms with Crippen molar-refractivity contribution in [1.29, 1.82) is 0 Å². The van der Waals surface area contributed by atoms with Crippen molar-refractivity contribution in [2.45, 2.75) is 13.3 Å². The fourth-order valence-electron chi connectivity index (χ4n) is 2.84. The van der Waals surface area contributed by atoms with Crippen LogP contribution in [0.1, 0.15) is 12.5 Å². The van der Waals surface area contributed by atoms with Gasteiger partial charge in [-0.15, -0.1) is 0 Å². The summed E-state index contributed by atoms with van der Waals surface area (Å²) in [6, 6.07) is 15.6. The van der Waals surface area contributed by atoms with Gasteiger partial charge in [0.15, 0.2) is 0 Å². The highest BCUT2D eigenvalue weighted by atomic mass is 16.1. The summed E-state index contributed by atoms with van der Waals surface area (Å²) < 4.78 is 0. The molecule has 3 aromatic rings. The summed E-state index contributed by atoms with van der Waals surface area (Å²) in [6.07, 6.45) is 2.98. The average Bonchev–Trinajstić information content (AvgIpc) is 3.03. The lowest BCUT2D eigenvalue weighted by Crippen LogP contribution is -2.31. The number of nitrogens with one attached hydrogen (secondary N) is 3. The van der Waals surface area contributed by atoms with E-state index in [2.05, 4.69) is 40.0 Å². The molecule has 25 heavy (non-hydrogen) atoms. The van der Waals surface area contributed by atoms with Crippen molar-refractivity contribution in [1.82, 2.24) is 10.3 Å². The van der Waals surface area contributed by atoms with Gasteiger partial charge in [-0.1, -0.05) is 37.3 Å². The third-order valence-electron chi connectivity index (χ3n) is 4.36. The lowest BCUT2D eigenvalue weighted by Gasteiger charge is -2.14. The van der Waals surface area contributed by atoms with Gasteiger partial charge in [0.2, 0.25) is 5.91 Å². The Bertz CT molecular complexity index is 856. The zero-order valence-electron chi connectivity index (χ0n) is 14.4. The first-order valence-corrected chi connectivity index (χ1v) is 8.56. The number of nitrogen functional groups attached to an aromatic ring is 1. The molecule has 0 radical (unpaired) electrons. The largest absolute Gasteiger partial charge is 0.397 e. The summed E-state index contributed by atoms with van der Waals surface area (Å²) in [6.45, 7) is 3.36. The third-order valence-corrected chi connectivity index (χ3v) is 4.36. The van der Waals surface area contributed by atoms with Gasteiger partial charge in [0, 0.05) is 29.6 Å². The second-order valence-electron chi connectivity index (χ2n) is 6.29. The Morgan fingerprint density at radius 3 is 2.76 bits per heavy atom. The number of anilines is 2. The fraction of sp³-hybridized carbons (Fsp3) is 0.250. The van der Waals surface area contributed by atoms with Crippen molar-refractivity contribution in [3.63, 3.8) is 0 Å². The molecule has 2 aromatic carbocycles. The van der Waals surface area contributed by atoms with Crippen molar-refractivity contribution in [2.75, 3.05) is 24.1 Å². The van der Waals surface area contributed by atoms with Crippen LogP contribution in [0.5, 0.6) is 0 Å². The number of para-hydroxylation sites is 3. The lowest BCUT2D eigenvalue weighted by molar-refractivity contribution is -0.119. The number of nitrogens with two attached hydrogens (primary N) is 1. The summed E-state index contributed by atoms with van der Waals surface area (Å²) in [7, 11) is 0. The molecule has 0 aliphatic carbocycles. The monoisotopic (exact) mass is 336 g/mol. The highest BCUT2D eigenvalue weighted by Crippen LogP contribution is 2.18. The van der Waals surface area contributed by atoms with E-state index in [4.69, 9.17) is 5.73 Å². The number of hydrogen-bond donors (Lipinski definition) is 4. The van der Waals surface area contributed by atoms with Crippen LogP contribution in [-0.2, 0) is 11.2 Å². The minimum absolute atomic E-state index is 0.0301. The number of fused-ring (bicyclic) bond motifs is 1. The zero-order valence-corrected chi connectivity index (χ0v) is 14.4. The molecule has 1 aromatic heterocycles. The SMILES string of the molecule is CC(CNCCc1c[nH]c2ccccc12)C(=O)Nc1ccccc1N. The van der Waals surface area contributed by atoms with Crippen LogP contribution < -0.4 is 16.4 Å². The fourth-order valence-corrected chi connectivity index (χ4v) is 2.84. The molecule has 0 saturated heterocycles. The maximum atomic E-state index is 12.3. The van der Waals surface area contributed by atoms with E-state index < -0.39 is 0 Å². The average molecular weight is 336 g/mol. The molecule has 5 N–H and O–H groups in total. The van der Waals surface area contributed by atoms with Gasteiger partial charge in [0.25, 0.3) is 0 Å². The van der Waals surface area contributed by atoms with Gasteiger partial charge in [0.05, 0.1) is 11.4 Å². The van der Waals surface area contributed by atoms with Crippen LogP contribution in [0.4, 0.5) is 11.4 Å². The predicted octanol–water partition coefficient (Wildman–Crippen LogP) is 3.16. The van der Waals surface area contributed by atoms with Crippen LogP contribution in [0.2, 0.25) is 0 Å². The highest BCUT2D eigenvalue weighted by molar-refractivity contribution is 5.95. The van der Waals surface area contributed by atoms with E-state index in [9.17, 15) is 4.79 Å². The van der Waals surface area contributed by atoms with Gasteiger partial charge in [-0.25, -0.2) is 0 Å². The molecular weight excluding hydrogens is 312 g/mol. The van der Waals surface area contributed by atoms with Gasteiger partial charge in [-0.2, -0.15) is 0 Å². The smallest absolute Gasteiger partial charge is 0.228 e. The molecule has 0 fully saturated rings. The first-order chi connectivity index (χ1) is 12.1. The Labute approximate surface area is 147 Å². The maximum absolute atomic E-state index is 12.3. The molecule has 1 heterocycles. The van der Waals surface area contributed by atoms with Crippen molar-refractivity contribution in [3.8, 4) is 0 Å². The molecule has 3 rings (SSSR count). The van der Waals surface area contributed by atoms with E-state index in [0.29, 0.717) is 17.9 Å². The van der Waals surface area contributed by atoms with E-state index in [0.717, 1.165) is 18.5 Å². The van der Waals surface area contributed by atoms with Gasteiger partial charge in [0.1, 0.15) is 0 Å². The molecule has 0 aliphatic heterocycles. The highest BCUT2D eigenvalue weighted by Gasteiger charge is 2.13. The number of H-pyrrole nitrogens is 1. The number of hydrogen-bond acceptors (Lipinski definition) is 3. The molecule has 1 atom stereocenters. The van der Waals surface area contributed by atoms with E-state index in [1.807, 2.05) is 31.2 Å². The van der Waals surface area contributed by atoms with E-state index >= 15 is 0 Å². The van der Waals surface area contributed by atoms with Crippen LogP contribution in [-0.4, -0.2) is 24.0 Å². The molecule has 0 saturated carbocycles. The van der Waals surface area contributed by atoms with Gasteiger partial charge < -0.3 is 21.4 Å². The minimum atomic E-state index is -0.137. The molecule has 0 aliphatic rings. The number of aromatic nitrogens is 1. The van der Waals surface area contributed by atoms with Crippen molar-refractivity contribution in [2.24, 2.45) is 5.92 Å². The molecule has 5 nitrogen and oxygen atoms in total. The number of amides is 1. The first kappa shape index (κ1) is 17.0. The number of carbonyl (C=O) groups is 1. The van der Waals surface area contributed by atoms with Crippen LogP contribution in [0.3, 0.4) is 0 Å². The molecule has 5 heteroatoms. The Kier molecular flexibility index (Phi) is 5.36. The molecule has 0 spiro atoms. The predicted molar refractivity (Wildman–Crippen MR) is 104 cm³/mol. The third kappa shape index (κ3) is 4.19. The van der Waals surface area contributed by atoms with Crippen LogP contribution >= 0.6 is 0 Å². The molecule has 1 amide bonds. The topological polar surface area (TPSA) is 82.9 Å². The van der Waals surface area contributed by atoms with Gasteiger partial charge >= 0.3 is 0 Å². The van der Waals surface area contributed by atoms with Crippen molar-refractivity contribution in [3.05, 3.63) is 60.3 Å². The normalized spacial score (nSPS) is 12.2. The van der Waals surface area contributed by atoms with Gasteiger partial charge in [-0.05, 0) is 36.7 Å². The van der Waals surface area contributed by atoms with E-state index in [-0.39, 0.29) is 11.8 Å². The molecule has 0 bridgehead atoms. The van der Waals surface area contributed by atoms with Crippen LogP contribution in [0.25, 0.3) is 10.9 Å². The van der Waals surface area contributed by atoms with Crippen LogP contribution in [0, 0.1) is 5.92 Å². The van der Waals surface area contributed by atoms with Crippen LogP contribution in [0.15, 0.2) is 54.7 Å². The first-order valence-electron chi connectivity index (χ1n) is 8.56. The quantitative estimate of drug-likeness (QED) is 0.395. The summed E-state index contributed by atoms with van der Waals surface area (Å²) in [4.78, 5) is 15.5. The van der Waals surface area contributed by atoms with Crippen molar-refractivity contribution >= 4 is 28.2 Å². The summed E-state index contributed by atoms with van der Waals surface area (Å²) in [5, 5.41) is 7.50. The van der Waals surface area contributed by atoms with Gasteiger partial charge in [-0.3, -0.25) is 4.79 Å². The Hall–Kier alpha value is -2.79. The second-order valence-corrected chi connectivity index (χ2v) is 6.29. The molecule has 130 valence electrons. The Morgan fingerprint density at radius 2 is 1.92 bits per heavy atom. The number of benzene rings is 2. The van der Waals surface area contributed by atoms with E-state index in [1.165, 1.54) is 10.9 Å². The van der Waals surface area contributed by atoms with Crippen molar-refractivity contribution < 1.29 is 4.79 Å². The second kappa shape index (κ2) is 7.85. The Balaban J connectivity index is 1.45. The lowest BCUT2D eigenvalue weighted by atomic mass is 10.1.